The highest BCUT2D eigenvalue weighted by atomic mass is 19.4. The molecule has 1 saturated carbocycles. The topological polar surface area (TPSA) is 32.3 Å². The number of nitrogens with one attached hydrogen (secondary N) is 1. The fourth-order valence-electron chi connectivity index (χ4n) is 2.57. The van der Waals surface area contributed by atoms with E-state index in [9.17, 15) is 18.0 Å². The van der Waals surface area contributed by atoms with E-state index < -0.39 is 18.1 Å². The first-order chi connectivity index (χ1) is 8.38. The van der Waals surface area contributed by atoms with Crippen LogP contribution in [0.25, 0.3) is 0 Å². The van der Waals surface area contributed by atoms with E-state index in [1.54, 1.807) is 4.90 Å². The van der Waals surface area contributed by atoms with Gasteiger partial charge in [0.25, 0.3) is 0 Å². The van der Waals surface area contributed by atoms with Crippen molar-refractivity contribution in [3.8, 4) is 0 Å². The van der Waals surface area contributed by atoms with Crippen LogP contribution in [0.1, 0.15) is 45.4 Å². The third-order valence-corrected chi connectivity index (χ3v) is 3.66. The van der Waals surface area contributed by atoms with Crippen molar-refractivity contribution in [1.82, 2.24) is 10.2 Å². The maximum atomic E-state index is 12.1. The molecule has 3 nitrogen and oxygen atoms in total. The van der Waals surface area contributed by atoms with Crippen LogP contribution >= 0.6 is 0 Å². The lowest BCUT2D eigenvalue weighted by atomic mass is 10.2. The molecule has 1 aliphatic heterocycles. The van der Waals surface area contributed by atoms with E-state index in [2.05, 4.69) is 5.32 Å². The second-order valence-corrected chi connectivity index (χ2v) is 5.25. The standard InChI is InChI=1S/C12H19F3N2O/c1-2-4-9-16-11(6-7-11)10(18)17(9)8-3-5-12(13,14)15/h9,16H,2-8H2,1H3. The van der Waals surface area contributed by atoms with E-state index in [1.165, 1.54) is 0 Å². The van der Waals surface area contributed by atoms with Gasteiger partial charge in [0.1, 0.15) is 0 Å². The highest BCUT2D eigenvalue weighted by molar-refractivity contribution is 5.91. The molecule has 1 spiro atoms. The van der Waals surface area contributed by atoms with Crippen molar-refractivity contribution < 1.29 is 18.0 Å². The van der Waals surface area contributed by atoms with Gasteiger partial charge in [0.15, 0.2) is 0 Å². The Morgan fingerprint density at radius 3 is 2.61 bits per heavy atom. The fraction of sp³-hybridized carbons (Fsp3) is 0.917. The summed E-state index contributed by atoms with van der Waals surface area (Å²) in [4.78, 5) is 13.7. The molecule has 0 radical (unpaired) electrons. The third kappa shape index (κ3) is 2.79. The largest absolute Gasteiger partial charge is 0.389 e. The quantitative estimate of drug-likeness (QED) is 0.827. The lowest BCUT2D eigenvalue weighted by Gasteiger charge is -2.24. The molecular weight excluding hydrogens is 245 g/mol. The van der Waals surface area contributed by atoms with E-state index >= 15 is 0 Å². The summed E-state index contributed by atoms with van der Waals surface area (Å²) in [5, 5.41) is 3.28. The van der Waals surface area contributed by atoms with E-state index in [1.807, 2.05) is 6.92 Å². The highest BCUT2D eigenvalue weighted by Crippen LogP contribution is 2.42. The molecule has 1 heterocycles. The molecule has 2 rings (SSSR count). The number of nitrogens with zero attached hydrogens (tertiary/aromatic N) is 1. The number of halogens is 3. The van der Waals surface area contributed by atoms with Crippen molar-refractivity contribution in [2.24, 2.45) is 0 Å². The molecule has 1 aliphatic carbocycles. The van der Waals surface area contributed by atoms with Gasteiger partial charge in [-0.3, -0.25) is 10.1 Å². The predicted octanol–water partition coefficient (Wildman–Crippen LogP) is 2.42. The summed E-state index contributed by atoms with van der Waals surface area (Å²) in [7, 11) is 0. The number of rotatable bonds is 5. The van der Waals surface area contributed by atoms with Crippen LogP contribution in [0.3, 0.4) is 0 Å². The normalized spacial score (nSPS) is 26.1. The van der Waals surface area contributed by atoms with Gasteiger partial charge < -0.3 is 4.90 Å². The molecule has 0 aromatic rings. The summed E-state index contributed by atoms with van der Waals surface area (Å²) in [5.41, 5.74) is -0.419. The molecule has 1 amide bonds. The molecule has 1 N–H and O–H groups in total. The number of hydrogen-bond acceptors (Lipinski definition) is 2. The molecule has 1 saturated heterocycles. The van der Waals surface area contributed by atoms with Gasteiger partial charge in [-0.05, 0) is 25.7 Å². The van der Waals surface area contributed by atoms with Crippen molar-refractivity contribution in [2.75, 3.05) is 6.54 Å². The lowest BCUT2D eigenvalue weighted by molar-refractivity contribution is -0.140. The smallest absolute Gasteiger partial charge is 0.326 e. The van der Waals surface area contributed by atoms with Gasteiger partial charge >= 0.3 is 6.18 Å². The minimum Gasteiger partial charge on any atom is -0.326 e. The van der Waals surface area contributed by atoms with Gasteiger partial charge in [0.05, 0.1) is 11.7 Å². The molecule has 1 atom stereocenters. The Bertz CT molecular complexity index is 326. The van der Waals surface area contributed by atoms with Gasteiger partial charge in [-0.25, -0.2) is 0 Å². The molecule has 0 aromatic heterocycles. The number of amides is 1. The average Bonchev–Trinajstić information content (AvgIpc) is 2.98. The van der Waals surface area contributed by atoms with Crippen molar-refractivity contribution in [2.45, 2.75) is 63.3 Å². The minimum atomic E-state index is -4.13. The minimum absolute atomic E-state index is 0.00289. The van der Waals surface area contributed by atoms with Crippen LogP contribution in [0.15, 0.2) is 0 Å². The molecule has 6 heteroatoms. The zero-order valence-electron chi connectivity index (χ0n) is 10.5. The van der Waals surface area contributed by atoms with Crippen LogP contribution in [0, 0.1) is 0 Å². The second kappa shape index (κ2) is 4.72. The van der Waals surface area contributed by atoms with Crippen molar-refractivity contribution in [3.05, 3.63) is 0 Å². The molecule has 1 unspecified atom stereocenters. The highest BCUT2D eigenvalue weighted by Gasteiger charge is 2.58. The monoisotopic (exact) mass is 264 g/mol. The molecular formula is C12H19F3N2O. The molecule has 0 bridgehead atoms. The lowest BCUT2D eigenvalue weighted by Crippen LogP contribution is -2.38. The Hall–Kier alpha value is -0.780. The van der Waals surface area contributed by atoms with Crippen LogP contribution in [-0.4, -0.2) is 35.2 Å². The summed E-state index contributed by atoms with van der Waals surface area (Å²) in [5.74, 6) is 0.00289. The van der Waals surface area contributed by atoms with E-state index in [-0.39, 0.29) is 25.0 Å². The zero-order chi connectivity index (χ0) is 13.4. The van der Waals surface area contributed by atoms with Gasteiger partial charge in [0.2, 0.25) is 5.91 Å². The van der Waals surface area contributed by atoms with Crippen LogP contribution in [0.4, 0.5) is 13.2 Å². The number of alkyl halides is 3. The Morgan fingerprint density at radius 2 is 2.11 bits per heavy atom. The van der Waals surface area contributed by atoms with Crippen molar-refractivity contribution >= 4 is 5.91 Å². The number of carbonyl (C=O) groups is 1. The third-order valence-electron chi connectivity index (χ3n) is 3.66. The molecule has 2 aliphatic rings. The first-order valence-electron chi connectivity index (χ1n) is 6.53. The second-order valence-electron chi connectivity index (χ2n) is 5.25. The summed E-state index contributed by atoms with van der Waals surface area (Å²) in [6.45, 7) is 2.22. The van der Waals surface area contributed by atoms with E-state index in [0.717, 1.165) is 25.7 Å². The number of carbonyl (C=O) groups excluding carboxylic acids is 1. The summed E-state index contributed by atoms with van der Waals surface area (Å²) in [6, 6.07) is 0. The van der Waals surface area contributed by atoms with Crippen LogP contribution in [0.2, 0.25) is 0 Å². The Kier molecular flexibility index (Phi) is 3.58. The molecule has 0 aromatic carbocycles. The van der Waals surface area contributed by atoms with E-state index in [4.69, 9.17) is 0 Å². The van der Waals surface area contributed by atoms with Crippen LogP contribution < -0.4 is 5.32 Å². The summed E-state index contributed by atoms with van der Waals surface area (Å²) < 4.78 is 36.4. The average molecular weight is 264 g/mol. The molecule has 104 valence electrons. The fourth-order valence-corrected chi connectivity index (χ4v) is 2.57. The maximum absolute atomic E-state index is 12.1. The Balaban J connectivity index is 1.90. The Labute approximate surface area is 105 Å². The SMILES string of the molecule is CCCC1NC2(CC2)C(=O)N1CCCC(F)(F)F. The first-order valence-corrected chi connectivity index (χ1v) is 6.53. The Morgan fingerprint density at radius 1 is 1.44 bits per heavy atom. The number of hydrogen-bond donors (Lipinski definition) is 1. The molecule has 18 heavy (non-hydrogen) atoms. The predicted molar refractivity (Wildman–Crippen MR) is 60.8 cm³/mol. The van der Waals surface area contributed by atoms with Crippen LogP contribution in [-0.2, 0) is 4.79 Å². The van der Waals surface area contributed by atoms with Gasteiger partial charge in [-0.1, -0.05) is 13.3 Å². The van der Waals surface area contributed by atoms with Gasteiger partial charge in [0, 0.05) is 13.0 Å². The van der Waals surface area contributed by atoms with Gasteiger partial charge in [-0.15, -0.1) is 0 Å². The molecule has 2 fully saturated rings. The summed E-state index contributed by atoms with van der Waals surface area (Å²) >= 11 is 0. The maximum Gasteiger partial charge on any atom is 0.389 e. The van der Waals surface area contributed by atoms with Crippen molar-refractivity contribution in [3.63, 3.8) is 0 Å². The van der Waals surface area contributed by atoms with Crippen LogP contribution in [0.5, 0.6) is 0 Å². The zero-order valence-corrected chi connectivity index (χ0v) is 10.5. The van der Waals surface area contributed by atoms with E-state index in [0.29, 0.717) is 0 Å². The summed E-state index contributed by atoms with van der Waals surface area (Å²) in [6.07, 6.45) is -1.66. The first kappa shape index (κ1) is 13.6. The van der Waals surface area contributed by atoms with Gasteiger partial charge in [-0.2, -0.15) is 13.2 Å². The van der Waals surface area contributed by atoms with Crippen molar-refractivity contribution in [1.29, 1.82) is 0 Å².